The van der Waals surface area contributed by atoms with Gasteiger partial charge >= 0.3 is 6.03 Å². The zero-order chi connectivity index (χ0) is 27.4. The maximum atomic E-state index is 14.3. The van der Waals surface area contributed by atoms with Crippen LogP contribution in [-0.4, -0.2) is 24.4 Å². The molecule has 2 aromatic heterocycles. The summed E-state index contributed by atoms with van der Waals surface area (Å²) >= 11 is 0. The Morgan fingerprint density at radius 3 is 2.32 bits per heavy atom. The van der Waals surface area contributed by atoms with Crippen molar-refractivity contribution in [2.75, 3.05) is 0 Å². The van der Waals surface area contributed by atoms with E-state index in [1.807, 2.05) is 4.72 Å². The SMILES string of the molecule is Cc1ccccc1S(=O)(=O)NC(=O)N[C@@H](Cc1cc(F)cc(F)c1)c1ncccc1-c1ccnc(F)c1C. The summed E-state index contributed by atoms with van der Waals surface area (Å²) in [6.45, 7) is 3.12. The molecule has 7 nitrogen and oxygen atoms in total. The molecule has 11 heteroatoms. The van der Waals surface area contributed by atoms with E-state index >= 15 is 0 Å². The number of amides is 2. The quantitative estimate of drug-likeness (QED) is 0.316. The van der Waals surface area contributed by atoms with Crippen LogP contribution in [0.1, 0.15) is 28.4 Å². The number of urea groups is 1. The first-order valence-electron chi connectivity index (χ1n) is 11.5. The highest BCUT2D eigenvalue weighted by atomic mass is 32.2. The van der Waals surface area contributed by atoms with Crippen LogP contribution >= 0.6 is 0 Å². The van der Waals surface area contributed by atoms with Gasteiger partial charge in [-0.1, -0.05) is 24.3 Å². The molecule has 38 heavy (non-hydrogen) atoms. The zero-order valence-corrected chi connectivity index (χ0v) is 21.2. The van der Waals surface area contributed by atoms with E-state index in [2.05, 4.69) is 15.3 Å². The van der Waals surface area contributed by atoms with Crippen molar-refractivity contribution in [1.82, 2.24) is 20.0 Å². The molecular weight excluding hydrogens is 517 g/mol. The Morgan fingerprint density at radius 1 is 0.895 bits per heavy atom. The number of hydrogen-bond donors (Lipinski definition) is 2. The van der Waals surface area contributed by atoms with E-state index in [-0.39, 0.29) is 28.1 Å². The number of nitrogens with zero attached hydrogens (tertiary/aromatic N) is 2. The second-order valence-electron chi connectivity index (χ2n) is 8.59. The Bertz CT molecular complexity index is 1590. The van der Waals surface area contributed by atoms with Gasteiger partial charge < -0.3 is 5.32 Å². The van der Waals surface area contributed by atoms with Crippen LogP contribution in [0.4, 0.5) is 18.0 Å². The number of pyridine rings is 2. The third-order valence-electron chi connectivity index (χ3n) is 5.88. The summed E-state index contributed by atoms with van der Waals surface area (Å²) in [5, 5.41) is 2.56. The van der Waals surface area contributed by atoms with Gasteiger partial charge in [-0.15, -0.1) is 0 Å². The lowest BCUT2D eigenvalue weighted by Crippen LogP contribution is -2.42. The van der Waals surface area contributed by atoms with Crippen LogP contribution in [0.5, 0.6) is 0 Å². The smallest absolute Gasteiger partial charge is 0.329 e. The van der Waals surface area contributed by atoms with Gasteiger partial charge in [0.15, 0.2) is 0 Å². The molecule has 0 spiro atoms. The molecule has 2 aromatic carbocycles. The summed E-state index contributed by atoms with van der Waals surface area (Å²) in [7, 11) is -4.24. The highest BCUT2D eigenvalue weighted by Gasteiger charge is 2.25. The van der Waals surface area contributed by atoms with Crippen LogP contribution in [0.2, 0.25) is 0 Å². The molecule has 4 rings (SSSR count). The third kappa shape index (κ3) is 6.00. The molecular formula is C27H23F3N4O3S. The van der Waals surface area contributed by atoms with Gasteiger partial charge in [-0.25, -0.2) is 31.7 Å². The van der Waals surface area contributed by atoms with Gasteiger partial charge in [0.05, 0.1) is 16.6 Å². The Morgan fingerprint density at radius 2 is 1.61 bits per heavy atom. The number of hydrogen-bond acceptors (Lipinski definition) is 5. The zero-order valence-electron chi connectivity index (χ0n) is 20.4. The van der Waals surface area contributed by atoms with Crippen molar-refractivity contribution in [1.29, 1.82) is 0 Å². The Labute approximate surface area is 217 Å². The number of nitrogens with one attached hydrogen (secondary N) is 2. The fourth-order valence-corrected chi connectivity index (χ4v) is 5.29. The first-order chi connectivity index (χ1) is 18.0. The number of halogens is 3. The van der Waals surface area contributed by atoms with Crippen LogP contribution in [0, 0.1) is 31.4 Å². The number of rotatable bonds is 7. The highest BCUT2D eigenvalue weighted by molar-refractivity contribution is 7.90. The van der Waals surface area contributed by atoms with E-state index in [4.69, 9.17) is 0 Å². The maximum Gasteiger partial charge on any atom is 0.329 e. The maximum absolute atomic E-state index is 14.3. The van der Waals surface area contributed by atoms with Crippen molar-refractivity contribution < 1.29 is 26.4 Å². The normalized spacial score (nSPS) is 12.1. The first kappa shape index (κ1) is 26.8. The predicted octanol–water partition coefficient (Wildman–Crippen LogP) is 5.15. The van der Waals surface area contributed by atoms with Gasteiger partial charge in [0.1, 0.15) is 11.6 Å². The number of benzene rings is 2. The summed E-state index contributed by atoms with van der Waals surface area (Å²) in [5.41, 5.74) is 1.93. The average Bonchev–Trinajstić information content (AvgIpc) is 2.84. The summed E-state index contributed by atoms with van der Waals surface area (Å²) in [5.74, 6) is -2.34. The van der Waals surface area contributed by atoms with Crippen molar-refractivity contribution in [3.05, 3.63) is 113 Å². The van der Waals surface area contributed by atoms with Crippen LogP contribution in [0.25, 0.3) is 11.1 Å². The lowest BCUT2D eigenvalue weighted by atomic mass is 9.94. The van der Waals surface area contributed by atoms with Crippen molar-refractivity contribution in [2.24, 2.45) is 0 Å². The van der Waals surface area contributed by atoms with Crippen molar-refractivity contribution in [2.45, 2.75) is 31.2 Å². The molecule has 1 atom stereocenters. The van der Waals surface area contributed by atoms with Crippen LogP contribution < -0.4 is 10.0 Å². The largest absolute Gasteiger partial charge is 0.329 e. The number of carbonyl (C=O) groups excluding carboxylic acids is 1. The fraction of sp³-hybridized carbons (Fsp3) is 0.148. The summed E-state index contributed by atoms with van der Waals surface area (Å²) in [4.78, 5) is 20.9. The molecule has 4 aromatic rings. The lowest BCUT2D eigenvalue weighted by molar-refractivity contribution is 0.242. The lowest BCUT2D eigenvalue weighted by Gasteiger charge is -2.22. The second-order valence-corrected chi connectivity index (χ2v) is 10.2. The van der Waals surface area contributed by atoms with E-state index in [1.54, 1.807) is 37.3 Å². The minimum atomic E-state index is -4.24. The van der Waals surface area contributed by atoms with Gasteiger partial charge in [0.25, 0.3) is 10.0 Å². The fourth-order valence-electron chi connectivity index (χ4n) is 4.13. The van der Waals surface area contributed by atoms with Gasteiger partial charge in [-0.3, -0.25) is 4.98 Å². The van der Waals surface area contributed by atoms with Gasteiger partial charge in [0.2, 0.25) is 5.95 Å². The Kier molecular flexibility index (Phi) is 7.77. The molecule has 2 heterocycles. The molecule has 0 saturated heterocycles. The molecule has 2 N–H and O–H groups in total. The van der Waals surface area contributed by atoms with Crippen LogP contribution in [-0.2, 0) is 16.4 Å². The molecule has 0 fully saturated rings. The minimum absolute atomic E-state index is 0.0830. The molecule has 0 aliphatic heterocycles. The molecule has 0 bridgehead atoms. The molecule has 0 aliphatic rings. The van der Waals surface area contributed by atoms with Crippen molar-refractivity contribution in [3.63, 3.8) is 0 Å². The molecule has 0 saturated carbocycles. The summed E-state index contributed by atoms with van der Waals surface area (Å²) in [6.07, 6.45) is 2.57. The number of carbonyl (C=O) groups is 1. The second kappa shape index (κ2) is 11.0. The standard InChI is InChI=1S/C27H23F3N4O3S/c1-16-6-3-4-8-24(16)38(36,37)34-27(35)33-23(14-18-12-19(28)15-20(29)13-18)25-22(7-5-10-31-25)21-9-11-32-26(30)17(21)2/h3-13,15,23H,14H2,1-2H3,(H2,33,34,35)/t23-/m0/s1. The van der Waals surface area contributed by atoms with Crippen LogP contribution in [0.3, 0.4) is 0 Å². The molecule has 0 radical (unpaired) electrons. The Balaban J connectivity index is 1.74. The number of aryl methyl sites for hydroxylation is 1. The average molecular weight is 541 g/mol. The topological polar surface area (TPSA) is 101 Å². The number of sulfonamides is 1. The number of aromatic nitrogens is 2. The first-order valence-corrected chi connectivity index (χ1v) is 12.9. The summed E-state index contributed by atoms with van der Waals surface area (Å²) < 4.78 is 69.9. The molecule has 0 unspecified atom stereocenters. The Hall–Kier alpha value is -4.25. The van der Waals surface area contributed by atoms with Crippen molar-refractivity contribution >= 4 is 16.1 Å². The van der Waals surface area contributed by atoms with Gasteiger partial charge in [0, 0.05) is 29.6 Å². The van der Waals surface area contributed by atoms with E-state index in [0.717, 1.165) is 12.1 Å². The van der Waals surface area contributed by atoms with Crippen LogP contribution in [0.15, 0.2) is 78.0 Å². The van der Waals surface area contributed by atoms with E-state index < -0.39 is 39.7 Å². The summed E-state index contributed by atoms with van der Waals surface area (Å²) in [6, 6.07) is 11.7. The minimum Gasteiger partial charge on any atom is -0.329 e. The van der Waals surface area contributed by atoms with E-state index in [1.165, 1.54) is 31.5 Å². The highest BCUT2D eigenvalue weighted by Crippen LogP contribution is 2.31. The van der Waals surface area contributed by atoms with Gasteiger partial charge in [-0.05, 0) is 67.3 Å². The van der Waals surface area contributed by atoms with E-state index in [0.29, 0.717) is 22.8 Å². The predicted molar refractivity (Wildman–Crippen MR) is 135 cm³/mol. The molecule has 2 amide bonds. The monoisotopic (exact) mass is 540 g/mol. The molecule has 196 valence electrons. The third-order valence-corrected chi connectivity index (χ3v) is 7.37. The van der Waals surface area contributed by atoms with Crippen molar-refractivity contribution in [3.8, 4) is 11.1 Å². The van der Waals surface area contributed by atoms with E-state index in [9.17, 15) is 26.4 Å². The van der Waals surface area contributed by atoms with Gasteiger partial charge in [-0.2, -0.15) is 4.39 Å². The molecule has 0 aliphatic carbocycles.